The summed E-state index contributed by atoms with van der Waals surface area (Å²) in [5.41, 5.74) is 1.03. The van der Waals surface area contributed by atoms with E-state index in [0.29, 0.717) is 29.0 Å². The van der Waals surface area contributed by atoms with Crippen LogP contribution in [0.3, 0.4) is 0 Å². The summed E-state index contributed by atoms with van der Waals surface area (Å²) < 4.78 is 15.7. The van der Waals surface area contributed by atoms with Crippen LogP contribution in [0, 0.1) is 11.7 Å². The van der Waals surface area contributed by atoms with Crippen LogP contribution in [0.5, 0.6) is 0 Å². The first-order valence-electron chi connectivity index (χ1n) is 7.89. The van der Waals surface area contributed by atoms with Crippen LogP contribution in [0.4, 0.5) is 10.2 Å². The summed E-state index contributed by atoms with van der Waals surface area (Å²) in [6.07, 6.45) is 1.16. The summed E-state index contributed by atoms with van der Waals surface area (Å²) in [7, 11) is 0. The van der Waals surface area contributed by atoms with Gasteiger partial charge in [0.25, 0.3) is 0 Å². The third kappa shape index (κ3) is 2.25. The first-order valence-corrected chi connectivity index (χ1v) is 7.89. The summed E-state index contributed by atoms with van der Waals surface area (Å²) in [5.74, 6) is 1.63. The first-order chi connectivity index (χ1) is 11.1. The van der Waals surface area contributed by atoms with E-state index in [-0.39, 0.29) is 5.82 Å². The molecule has 1 aromatic carbocycles. The Morgan fingerprint density at radius 2 is 1.91 bits per heavy atom. The minimum atomic E-state index is -0.322. The van der Waals surface area contributed by atoms with Gasteiger partial charge in [-0.15, -0.1) is 15.3 Å². The zero-order valence-corrected chi connectivity index (χ0v) is 13.1. The Bertz CT molecular complexity index is 859. The van der Waals surface area contributed by atoms with Gasteiger partial charge >= 0.3 is 0 Å². The Hall–Kier alpha value is -2.50. The Kier molecular flexibility index (Phi) is 3.25. The van der Waals surface area contributed by atoms with E-state index in [9.17, 15) is 4.39 Å². The van der Waals surface area contributed by atoms with Crippen LogP contribution in [0.15, 0.2) is 36.4 Å². The van der Waals surface area contributed by atoms with Gasteiger partial charge in [0.1, 0.15) is 11.6 Å². The zero-order chi connectivity index (χ0) is 16.0. The van der Waals surface area contributed by atoms with E-state index in [2.05, 4.69) is 34.0 Å². The first kappa shape index (κ1) is 14.1. The highest BCUT2D eigenvalue weighted by molar-refractivity contribution is 5.60. The van der Waals surface area contributed by atoms with Gasteiger partial charge in [0, 0.05) is 12.6 Å². The van der Waals surface area contributed by atoms with Gasteiger partial charge in [0.2, 0.25) is 0 Å². The van der Waals surface area contributed by atoms with Gasteiger partial charge in [-0.1, -0.05) is 19.1 Å². The molecule has 0 spiro atoms. The number of aromatic nitrogens is 4. The smallest absolute Gasteiger partial charge is 0.188 e. The van der Waals surface area contributed by atoms with Crippen molar-refractivity contribution in [2.75, 3.05) is 11.4 Å². The second-order valence-corrected chi connectivity index (χ2v) is 6.16. The highest BCUT2D eigenvalue weighted by Gasteiger charge is 2.28. The fourth-order valence-corrected chi connectivity index (χ4v) is 3.16. The van der Waals surface area contributed by atoms with Gasteiger partial charge in [0.15, 0.2) is 11.5 Å². The third-order valence-electron chi connectivity index (χ3n) is 4.80. The van der Waals surface area contributed by atoms with E-state index in [1.807, 2.05) is 12.1 Å². The molecular formula is C17H18FN5. The normalized spacial score (nSPS) is 21.3. The number of hydrogen-bond acceptors (Lipinski definition) is 4. The fraction of sp³-hybridized carbons (Fsp3) is 0.353. The van der Waals surface area contributed by atoms with Gasteiger partial charge in [0.05, 0.1) is 5.56 Å². The van der Waals surface area contributed by atoms with Crippen LogP contribution in [-0.4, -0.2) is 32.4 Å². The van der Waals surface area contributed by atoms with Crippen LogP contribution >= 0.6 is 0 Å². The lowest BCUT2D eigenvalue weighted by Crippen LogP contribution is -2.30. The van der Waals surface area contributed by atoms with Crippen molar-refractivity contribution in [3.63, 3.8) is 0 Å². The summed E-state index contributed by atoms with van der Waals surface area (Å²) in [4.78, 5) is 2.29. The summed E-state index contributed by atoms with van der Waals surface area (Å²) >= 11 is 0. The van der Waals surface area contributed by atoms with Crippen molar-refractivity contribution in [2.45, 2.75) is 26.3 Å². The molecule has 4 rings (SSSR count). The molecule has 6 heteroatoms. The van der Waals surface area contributed by atoms with Crippen molar-refractivity contribution >= 4 is 11.5 Å². The van der Waals surface area contributed by atoms with Crippen LogP contribution < -0.4 is 4.90 Å². The predicted octanol–water partition coefficient (Wildman–Crippen LogP) is 3.17. The van der Waals surface area contributed by atoms with E-state index in [0.717, 1.165) is 18.8 Å². The topological polar surface area (TPSA) is 46.3 Å². The number of rotatable bonds is 2. The summed E-state index contributed by atoms with van der Waals surface area (Å²) in [5, 5.41) is 12.9. The molecular weight excluding hydrogens is 293 g/mol. The maximum Gasteiger partial charge on any atom is 0.188 e. The lowest BCUT2D eigenvalue weighted by Gasteiger charge is -2.24. The maximum absolute atomic E-state index is 14.1. The van der Waals surface area contributed by atoms with Crippen molar-refractivity contribution in [1.29, 1.82) is 0 Å². The summed E-state index contributed by atoms with van der Waals surface area (Å²) in [6, 6.07) is 10.8. The molecule has 118 valence electrons. The highest BCUT2D eigenvalue weighted by Crippen LogP contribution is 2.29. The van der Waals surface area contributed by atoms with Gasteiger partial charge in [-0.05, 0) is 43.5 Å². The van der Waals surface area contributed by atoms with E-state index < -0.39 is 0 Å². The molecule has 0 aliphatic carbocycles. The number of nitrogens with zero attached hydrogens (tertiary/aromatic N) is 5. The van der Waals surface area contributed by atoms with Gasteiger partial charge in [-0.2, -0.15) is 4.52 Å². The molecule has 1 fully saturated rings. The molecule has 0 bridgehead atoms. The number of benzene rings is 1. The van der Waals surface area contributed by atoms with E-state index in [4.69, 9.17) is 0 Å². The second-order valence-electron chi connectivity index (χ2n) is 6.16. The van der Waals surface area contributed by atoms with Crippen molar-refractivity contribution in [3.05, 3.63) is 42.2 Å². The molecule has 2 atom stereocenters. The molecule has 0 amide bonds. The number of anilines is 1. The predicted molar refractivity (Wildman–Crippen MR) is 86.8 cm³/mol. The molecule has 5 nitrogen and oxygen atoms in total. The van der Waals surface area contributed by atoms with Gasteiger partial charge in [-0.3, -0.25) is 0 Å². The number of hydrogen-bond donors (Lipinski definition) is 0. The molecule has 0 radical (unpaired) electrons. The van der Waals surface area contributed by atoms with Crippen LogP contribution in [0.2, 0.25) is 0 Å². The molecule has 1 aliphatic heterocycles. The standard InChI is InChI=1S/C17H18FN5/c1-11-9-10-22(12(11)2)16-8-7-15-19-20-17(23(15)21-16)13-5-3-4-6-14(13)18/h3-8,11-12H,9-10H2,1-2H3. The molecule has 3 heterocycles. The Labute approximate surface area is 133 Å². The number of fused-ring (bicyclic) bond motifs is 1. The van der Waals surface area contributed by atoms with Crippen LogP contribution in [0.25, 0.3) is 17.0 Å². The Morgan fingerprint density at radius 3 is 2.65 bits per heavy atom. The SMILES string of the molecule is CC1CCN(c2ccc3nnc(-c4ccccc4F)n3n2)C1C. The monoisotopic (exact) mass is 311 g/mol. The lowest BCUT2D eigenvalue weighted by molar-refractivity contribution is 0.543. The van der Waals surface area contributed by atoms with Crippen molar-refractivity contribution in [2.24, 2.45) is 5.92 Å². The highest BCUT2D eigenvalue weighted by atomic mass is 19.1. The zero-order valence-electron chi connectivity index (χ0n) is 13.1. The molecule has 1 saturated heterocycles. The van der Waals surface area contributed by atoms with E-state index >= 15 is 0 Å². The maximum atomic E-state index is 14.1. The Morgan fingerprint density at radius 1 is 1.09 bits per heavy atom. The van der Waals surface area contributed by atoms with Crippen LogP contribution in [0.1, 0.15) is 20.3 Å². The minimum absolute atomic E-state index is 0.322. The van der Waals surface area contributed by atoms with Crippen molar-refractivity contribution in [1.82, 2.24) is 19.8 Å². The lowest BCUT2D eigenvalue weighted by atomic mass is 10.1. The quantitative estimate of drug-likeness (QED) is 0.729. The van der Waals surface area contributed by atoms with Gasteiger partial charge < -0.3 is 4.90 Å². The van der Waals surface area contributed by atoms with E-state index in [1.54, 1.807) is 22.7 Å². The molecule has 23 heavy (non-hydrogen) atoms. The number of halogens is 1. The molecule has 1 aliphatic rings. The average molecular weight is 311 g/mol. The second kappa shape index (κ2) is 5.30. The van der Waals surface area contributed by atoms with Crippen molar-refractivity contribution in [3.8, 4) is 11.4 Å². The fourth-order valence-electron chi connectivity index (χ4n) is 3.16. The third-order valence-corrected chi connectivity index (χ3v) is 4.80. The molecule has 0 saturated carbocycles. The Balaban J connectivity index is 1.83. The molecule has 0 N–H and O–H groups in total. The molecule has 2 unspecified atom stereocenters. The van der Waals surface area contributed by atoms with E-state index in [1.165, 1.54) is 6.07 Å². The molecule has 3 aromatic rings. The largest absolute Gasteiger partial charge is 0.352 e. The van der Waals surface area contributed by atoms with Crippen LogP contribution in [-0.2, 0) is 0 Å². The summed E-state index contributed by atoms with van der Waals surface area (Å²) in [6.45, 7) is 5.46. The average Bonchev–Trinajstić information content (AvgIpc) is 3.12. The van der Waals surface area contributed by atoms with Gasteiger partial charge in [-0.25, -0.2) is 4.39 Å². The van der Waals surface area contributed by atoms with Crippen molar-refractivity contribution < 1.29 is 4.39 Å². The molecule has 2 aromatic heterocycles. The minimum Gasteiger partial charge on any atom is -0.352 e.